The second-order valence-corrected chi connectivity index (χ2v) is 14.3. The molecule has 0 saturated carbocycles. The number of ether oxygens (including phenoxy) is 4. The molecule has 0 saturated heterocycles. The summed E-state index contributed by atoms with van der Waals surface area (Å²) in [6, 6.07) is 19.2. The first-order chi connectivity index (χ1) is 24.4. The molecule has 1 aliphatic carbocycles. The van der Waals surface area contributed by atoms with Gasteiger partial charge in [0.25, 0.3) is 0 Å². The molecule has 51 heavy (non-hydrogen) atoms. The molecule has 3 aromatic rings. The van der Waals surface area contributed by atoms with Gasteiger partial charge in [0.05, 0.1) is 7.11 Å². The van der Waals surface area contributed by atoms with E-state index in [4.69, 9.17) is 18.9 Å². The molecule has 4 rings (SSSR count). The molecule has 0 bridgehead atoms. The Balaban J connectivity index is 1.43. The molecule has 3 atom stereocenters. The fourth-order valence-electron chi connectivity index (χ4n) is 5.81. The number of esters is 1. The summed E-state index contributed by atoms with van der Waals surface area (Å²) >= 11 is 2.30. The van der Waals surface area contributed by atoms with Gasteiger partial charge in [-0.15, -0.1) is 0 Å². The summed E-state index contributed by atoms with van der Waals surface area (Å²) in [5.74, 6) is -0.732. The summed E-state index contributed by atoms with van der Waals surface area (Å²) in [5.41, 5.74) is 4.51. The highest BCUT2D eigenvalue weighted by molar-refractivity contribution is 14.1. The molecule has 0 aromatic heterocycles. The van der Waals surface area contributed by atoms with Crippen LogP contribution in [0.25, 0.3) is 11.1 Å². The van der Waals surface area contributed by atoms with Gasteiger partial charge in [0.2, 0.25) is 5.91 Å². The van der Waals surface area contributed by atoms with Crippen LogP contribution >= 0.6 is 22.6 Å². The van der Waals surface area contributed by atoms with Gasteiger partial charge in [0, 0.05) is 22.5 Å². The first-order valence-electron chi connectivity index (χ1n) is 16.9. The van der Waals surface area contributed by atoms with Crippen molar-refractivity contribution in [1.29, 1.82) is 0 Å². The first-order valence-corrected chi connectivity index (χ1v) is 18.0. The summed E-state index contributed by atoms with van der Waals surface area (Å²) in [5, 5.41) is 8.19. The van der Waals surface area contributed by atoms with E-state index in [-0.39, 0.29) is 25.4 Å². The summed E-state index contributed by atoms with van der Waals surface area (Å²) in [6.45, 7) is 9.71. The summed E-state index contributed by atoms with van der Waals surface area (Å²) < 4.78 is 22.7. The van der Waals surface area contributed by atoms with E-state index < -0.39 is 41.7 Å². The van der Waals surface area contributed by atoms with Crippen LogP contribution in [0.1, 0.15) is 62.6 Å². The lowest BCUT2D eigenvalue weighted by Crippen LogP contribution is -2.52. The molecule has 1 unspecified atom stereocenters. The highest BCUT2D eigenvalue weighted by Gasteiger charge is 2.32. The molecule has 272 valence electrons. The molecule has 0 spiro atoms. The number of amides is 3. The Morgan fingerprint density at radius 2 is 1.63 bits per heavy atom. The minimum atomic E-state index is -1.04. The monoisotopic (exact) mass is 811 g/mol. The van der Waals surface area contributed by atoms with Crippen LogP contribution in [0, 0.1) is 3.57 Å². The second-order valence-electron chi connectivity index (χ2n) is 13.1. The number of halogens is 1. The zero-order chi connectivity index (χ0) is 37.0. The largest absolute Gasteiger partial charge is 0.490 e. The van der Waals surface area contributed by atoms with E-state index >= 15 is 0 Å². The predicted octanol–water partition coefficient (Wildman–Crippen LogP) is 6.66. The Hall–Kier alpha value is -4.59. The number of fused-ring (bicyclic) bond motifs is 3. The average Bonchev–Trinajstić information content (AvgIpc) is 3.42. The number of benzene rings is 3. The fourth-order valence-corrected chi connectivity index (χ4v) is 6.69. The van der Waals surface area contributed by atoms with Gasteiger partial charge in [-0.05, 0) is 109 Å². The van der Waals surface area contributed by atoms with Crippen LogP contribution in [0.5, 0.6) is 5.75 Å². The Bertz CT molecular complexity index is 1690. The molecule has 0 heterocycles. The Kier molecular flexibility index (Phi) is 14.3. The zero-order valence-electron chi connectivity index (χ0n) is 29.5. The number of hydrogen-bond acceptors (Lipinski definition) is 8. The number of alkyl carbamates (subject to hydrolysis) is 2. The van der Waals surface area contributed by atoms with Crippen LogP contribution in [0.2, 0.25) is 0 Å². The van der Waals surface area contributed by atoms with Gasteiger partial charge in [-0.2, -0.15) is 0 Å². The van der Waals surface area contributed by atoms with Crippen LogP contribution < -0.4 is 20.7 Å². The molecule has 0 aliphatic heterocycles. The van der Waals surface area contributed by atoms with Gasteiger partial charge in [0.15, 0.2) is 0 Å². The van der Waals surface area contributed by atoms with Crippen molar-refractivity contribution in [3.05, 3.63) is 99.6 Å². The van der Waals surface area contributed by atoms with Crippen molar-refractivity contribution in [3.63, 3.8) is 0 Å². The minimum Gasteiger partial charge on any atom is -0.490 e. The summed E-state index contributed by atoms with van der Waals surface area (Å²) in [7, 11) is 1.25. The maximum atomic E-state index is 13.7. The molecule has 0 radical (unpaired) electrons. The second kappa shape index (κ2) is 18.6. The van der Waals surface area contributed by atoms with Crippen molar-refractivity contribution in [2.75, 3.05) is 26.9 Å². The summed E-state index contributed by atoms with van der Waals surface area (Å²) in [6.07, 6.45) is 1.68. The van der Waals surface area contributed by atoms with Crippen molar-refractivity contribution < 1.29 is 38.1 Å². The third kappa shape index (κ3) is 11.5. The van der Waals surface area contributed by atoms with Crippen LogP contribution in [0.3, 0.4) is 0 Å². The standard InChI is InChI=1S/C39H46IN3O8/c1-6-22-49-26-19-17-25(18-20-26)23-33(36(45)48-5)42-35(44)32(16-9-10-21-41-37(46)51-39(2,3)4)43-38(47)50-24-30-28-13-8-7-12-27(28)29-14-11-15-31(40)34(29)30/h6-8,11-15,17-20,30,32-33H,1,9-10,16,21-24H2,2-5H3,(H,41,46)(H,42,44)(H,43,47)/t30?,32-,33-/m0/s1. The number of carbonyl (C=O) groups excluding carboxylic acids is 4. The maximum Gasteiger partial charge on any atom is 0.407 e. The number of rotatable bonds is 16. The molecular weight excluding hydrogens is 765 g/mol. The lowest BCUT2D eigenvalue weighted by molar-refractivity contribution is -0.145. The normalized spacial score (nSPS) is 14.2. The molecule has 12 heteroatoms. The maximum absolute atomic E-state index is 13.7. The molecule has 3 N–H and O–H groups in total. The number of carbonyl (C=O) groups is 4. The Morgan fingerprint density at radius 3 is 2.33 bits per heavy atom. The van der Waals surface area contributed by atoms with Gasteiger partial charge < -0.3 is 34.9 Å². The zero-order valence-corrected chi connectivity index (χ0v) is 31.6. The third-order valence-electron chi connectivity index (χ3n) is 8.14. The van der Waals surface area contributed by atoms with E-state index in [1.165, 1.54) is 7.11 Å². The molecule has 3 amide bonds. The number of unbranched alkanes of at least 4 members (excludes halogenated alkanes) is 1. The first kappa shape index (κ1) is 39.2. The van der Waals surface area contributed by atoms with E-state index in [1.54, 1.807) is 51.1 Å². The highest BCUT2D eigenvalue weighted by Crippen LogP contribution is 2.46. The smallest absolute Gasteiger partial charge is 0.407 e. The van der Waals surface area contributed by atoms with Gasteiger partial charge >= 0.3 is 18.2 Å². The molecule has 3 aromatic carbocycles. The van der Waals surface area contributed by atoms with Crippen LogP contribution in [-0.4, -0.2) is 68.6 Å². The van der Waals surface area contributed by atoms with Crippen LogP contribution in [0.15, 0.2) is 79.4 Å². The third-order valence-corrected chi connectivity index (χ3v) is 9.08. The SMILES string of the molecule is C=CCOc1ccc(C[C@H](NC(=O)[C@H](CCCCNC(=O)OC(C)(C)C)NC(=O)OCC2c3ccccc3-c3cccc(I)c32)C(=O)OC)cc1. The predicted molar refractivity (Wildman–Crippen MR) is 203 cm³/mol. The number of methoxy groups -OCH3 is 1. The fraction of sp³-hybridized carbons (Fsp3) is 0.385. The van der Waals surface area contributed by atoms with Crippen molar-refractivity contribution >= 4 is 46.7 Å². The summed E-state index contributed by atoms with van der Waals surface area (Å²) in [4.78, 5) is 51.9. The molecule has 1 aliphatic rings. The van der Waals surface area contributed by atoms with Gasteiger partial charge in [0.1, 0.15) is 36.6 Å². The highest BCUT2D eigenvalue weighted by atomic mass is 127. The van der Waals surface area contributed by atoms with Gasteiger partial charge in [-0.25, -0.2) is 14.4 Å². The van der Waals surface area contributed by atoms with Gasteiger partial charge in [-0.3, -0.25) is 4.79 Å². The lowest BCUT2D eigenvalue weighted by Gasteiger charge is -2.23. The van der Waals surface area contributed by atoms with E-state index in [9.17, 15) is 19.2 Å². The van der Waals surface area contributed by atoms with Crippen molar-refractivity contribution in [2.24, 2.45) is 0 Å². The van der Waals surface area contributed by atoms with Crippen molar-refractivity contribution in [3.8, 4) is 16.9 Å². The molecule has 11 nitrogen and oxygen atoms in total. The lowest BCUT2D eigenvalue weighted by atomic mass is 9.98. The quantitative estimate of drug-likeness (QED) is 0.0480. The minimum absolute atomic E-state index is 0.0707. The van der Waals surface area contributed by atoms with E-state index in [0.29, 0.717) is 31.7 Å². The molecule has 0 fully saturated rings. The Morgan fingerprint density at radius 1 is 0.902 bits per heavy atom. The molecular formula is C39H46IN3O8. The van der Waals surface area contributed by atoms with E-state index in [1.807, 2.05) is 30.3 Å². The van der Waals surface area contributed by atoms with Crippen molar-refractivity contribution in [2.45, 2.75) is 70.1 Å². The van der Waals surface area contributed by atoms with E-state index in [0.717, 1.165) is 31.4 Å². The van der Waals surface area contributed by atoms with Crippen molar-refractivity contribution in [1.82, 2.24) is 16.0 Å². The number of nitrogens with one attached hydrogen (secondary N) is 3. The number of hydrogen-bond donors (Lipinski definition) is 3. The van der Waals surface area contributed by atoms with Gasteiger partial charge in [-0.1, -0.05) is 61.2 Å². The van der Waals surface area contributed by atoms with Crippen LogP contribution in [0.4, 0.5) is 9.59 Å². The Labute approximate surface area is 313 Å². The van der Waals surface area contributed by atoms with E-state index in [2.05, 4.69) is 57.3 Å². The van der Waals surface area contributed by atoms with Crippen LogP contribution in [-0.2, 0) is 30.2 Å². The topological polar surface area (TPSA) is 141 Å². The average molecular weight is 812 g/mol.